The molecule has 1 aromatic heterocycles. The van der Waals surface area contributed by atoms with Crippen molar-refractivity contribution in [3.05, 3.63) is 45.6 Å². The number of aryl methyl sites for hydroxylation is 1. The van der Waals surface area contributed by atoms with Gasteiger partial charge >= 0.3 is 0 Å². The fourth-order valence-electron chi connectivity index (χ4n) is 2.94. The molecule has 0 atom stereocenters. The Morgan fingerprint density at radius 3 is 2.71 bits per heavy atom. The number of hydrogen-bond donors (Lipinski definition) is 0. The lowest BCUT2D eigenvalue weighted by atomic mass is 10.1. The van der Waals surface area contributed by atoms with E-state index in [9.17, 15) is 14.9 Å². The summed E-state index contributed by atoms with van der Waals surface area (Å²) in [4.78, 5) is 24.7. The third kappa shape index (κ3) is 2.49. The van der Waals surface area contributed by atoms with E-state index in [0.717, 1.165) is 36.8 Å². The smallest absolute Gasteiger partial charge is 0.256 e. The van der Waals surface area contributed by atoms with Crippen LogP contribution in [0.25, 0.3) is 10.9 Å². The van der Waals surface area contributed by atoms with Gasteiger partial charge in [0.2, 0.25) is 6.54 Å². The van der Waals surface area contributed by atoms with Crippen molar-refractivity contribution < 1.29 is 9.72 Å². The molecule has 1 saturated heterocycles. The first-order valence-corrected chi connectivity index (χ1v) is 7.05. The number of fused-ring (bicyclic) bond motifs is 1. The van der Waals surface area contributed by atoms with Crippen LogP contribution in [0.4, 0.5) is 0 Å². The second kappa shape index (κ2) is 5.20. The van der Waals surface area contributed by atoms with E-state index < -0.39 is 0 Å². The summed E-state index contributed by atoms with van der Waals surface area (Å²) in [7, 11) is 1.86. The molecule has 1 fully saturated rings. The minimum atomic E-state index is -0.347. The number of hydrogen-bond acceptors (Lipinski definition) is 3. The number of carbonyl (C=O) groups excluding carboxylic acids is 1. The molecule has 0 saturated carbocycles. The maximum absolute atomic E-state index is 12.5. The monoisotopic (exact) mass is 287 g/mol. The summed E-state index contributed by atoms with van der Waals surface area (Å²) in [6, 6.07) is 5.34. The van der Waals surface area contributed by atoms with Crippen LogP contribution in [0.1, 0.15) is 28.8 Å². The molecule has 110 valence electrons. The largest absolute Gasteiger partial charge is 0.350 e. The van der Waals surface area contributed by atoms with Crippen LogP contribution in [0.2, 0.25) is 0 Å². The van der Waals surface area contributed by atoms with E-state index in [2.05, 4.69) is 0 Å². The number of nitrogens with zero attached hydrogens (tertiary/aromatic N) is 3. The first-order valence-electron chi connectivity index (χ1n) is 7.05. The molecular weight excluding hydrogens is 270 g/mol. The highest BCUT2D eigenvalue weighted by atomic mass is 16.6. The molecular formula is C15H17N3O3. The third-order valence-corrected chi connectivity index (χ3v) is 3.99. The highest BCUT2D eigenvalue weighted by Gasteiger charge is 2.23. The Labute approximate surface area is 122 Å². The van der Waals surface area contributed by atoms with Gasteiger partial charge in [-0.1, -0.05) is 12.1 Å². The van der Waals surface area contributed by atoms with Gasteiger partial charge in [-0.05, 0) is 18.9 Å². The van der Waals surface area contributed by atoms with Crippen LogP contribution in [0.3, 0.4) is 0 Å². The Hall–Kier alpha value is -2.37. The van der Waals surface area contributed by atoms with Crippen LogP contribution >= 0.6 is 0 Å². The SMILES string of the molecule is Cn1cc(C(=O)N2CCCC2)c2ccc(C[N+](=O)[O-])cc21. The molecule has 1 amide bonds. The van der Waals surface area contributed by atoms with E-state index in [1.807, 2.05) is 28.8 Å². The number of benzene rings is 1. The minimum absolute atomic E-state index is 0.0557. The van der Waals surface area contributed by atoms with Gasteiger partial charge in [-0.25, -0.2) is 0 Å². The maximum atomic E-state index is 12.5. The number of likely N-dealkylation sites (tertiary alicyclic amines) is 1. The van der Waals surface area contributed by atoms with E-state index in [4.69, 9.17) is 0 Å². The predicted molar refractivity (Wildman–Crippen MR) is 78.8 cm³/mol. The molecule has 0 N–H and O–H groups in total. The van der Waals surface area contributed by atoms with Crippen molar-refractivity contribution in [3.63, 3.8) is 0 Å². The number of rotatable bonds is 3. The van der Waals surface area contributed by atoms with Crippen molar-refractivity contribution in [2.75, 3.05) is 13.1 Å². The van der Waals surface area contributed by atoms with Gasteiger partial charge in [-0.15, -0.1) is 0 Å². The van der Waals surface area contributed by atoms with Crippen molar-refractivity contribution in [1.29, 1.82) is 0 Å². The van der Waals surface area contributed by atoms with Crippen LogP contribution in [0.5, 0.6) is 0 Å². The van der Waals surface area contributed by atoms with Crippen molar-refractivity contribution in [2.24, 2.45) is 7.05 Å². The number of aromatic nitrogens is 1. The van der Waals surface area contributed by atoms with E-state index >= 15 is 0 Å². The van der Waals surface area contributed by atoms with E-state index in [-0.39, 0.29) is 17.4 Å². The van der Waals surface area contributed by atoms with E-state index in [1.165, 1.54) is 0 Å². The Morgan fingerprint density at radius 1 is 1.33 bits per heavy atom. The van der Waals surface area contributed by atoms with E-state index in [0.29, 0.717) is 11.1 Å². The van der Waals surface area contributed by atoms with Gasteiger partial charge in [0.25, 0.3) is 5.91 Å². The minimum Gasteiger partial charge on any atom is -0.350 e. The van der Waals surface area contributed by atoms with Gasteiger partial charge in [-0.2, -0.15) is 0 Å². The Balaban J connectivity index is 2.00. The molecule has 0 bridgehead atoms. The van der Waals surface area contributed by atoms with Gasteiger partial charge in [0.05, 0.1) is 5.56 Å². The zero-order valence-electron chi connectivity index (χ0n) is 11.9. The lowest BCUT2D eigenvalue weighted by Gasteiger charge is -2.14. The molecule has 0 radical (unpaired) electrons. The third-order valence-electron chi connectivity index (χ3n) is 3.99. The summed E-state index contributed by atoms with van der Waals surface area (Å²) in [5.74, 6) is 0.0557. The van der Waals surface area contributed by atoms with Crippen LogP contribution in [0.15, 0.2) is 24.4 Å². The molecule has 1 aliphatic heterocycles. The second-order valence-electron chi connectivity index (χ2n) is 5.50. The molecule has 21 heavy (non-hydrogen) atoms. The summed E-state index contributed by atoms with van der Waals surface area (Å²) < 4.78 is 1.86. The highest BCUT2D eigenvalue weighted by molar-refractivity contribution is 6.07. The molecule has 2 aromatic rings. The van der Waals surface area contributed by atoms with Gasteiger partial charge in [0.15, 0.2) is 0 Å². The first-order chi connectivity index (χ1) is 10.1. The van der Waals surface area contributed by atoms with Crippen molar-refractivity contribution in [1.82, 2.24) is 9.47 Å². The zero-order valence-corrected chi connectivity index (χ0v) is 11.9. The molecule has 3 rings (SSSR count). The van der Waals surface area contributed by atoms with Gasteiger partial charge < -0.3 is 9.47 Å². The molecule has 0 spiro atoms. The van der Waals surface area contributed by atoms with Crippen molar-refractivity contribution in [2.45, 2.75) is 19.4 Å². The van der Waals surface area contributed by atoms with Crippen LogP contribution < -0.4 is 0 Å². The molecule has 1 aliphatic rings. The molecule has 2 heterocycles. The Bertz CT molecular complexity index is 714. The van der Waals surface area contributed by atoms with Gasteiger partial charge in [0.1, 0.15) is 0 Å². The lowest BCUT2D eigenvalue weighted by molar-refractivity contribution is -0.496. The number of nitro groups is 1. The molecule has 6 nitrogen and oxygen atoms in total. The topological polar surface area (TPSA) is 68.4 Å². The van der Waals surface area contributed by atoms with Crippen LogP contribution in [-0.2, 0) is 13.6 Å². The second-order valence-corrected chi connectivity index (χ2v) is 5.50. The summed E-state index contributed by atoms with van der Waals surface area (Å²) in [5.41, 5.74) is 2.19. The molecule has 0 unspecified atom stereocenters. The quantitative estimate of drug-likeness (QED) is 0.642. The zero-order chi connectivity index (χ0) is 15.0. The molecule has 6 heteroatoms. The van der Waals surface area contributed by atoms with Crippen LogP contribution in [-0.4, -0.2) is 33.4 Å². The fourth-order valence-corrected chi connectivity index (χ4v) is 2.94. The average molecular weight is 287 g/mol. The van der Waals surface area contributed by atoms with Crippen molar-refractivity contribution in [3.8, 4) is 0 Å². The molecule has 0 aliphatic carbocycles. The van der Waals surface area contributed by atoms with Gasteiger partial charge in [0, 0.05) is 47.7 Å². The fraction of sp³-hybridized carbons (Fsp3) is 0.400. The maximum Gasteiger partial charge on any atom is 0.256 e. The van der Waals surface area contributed by atoms with Crippen molar-refractivity contribution >= 4 is 16.8 Å². The van der Waals surface area contributed by atoms with Gasteiger partial charge in [-0.3, -0.25) is 14.9 Å². The summed E-state index contributed by atoms with van der Waals surface area (Å²) in [6.07, 6.45) is 3.94. The standard InChI is InChI=1S/C15H17N3O3/c1-16-10-13(15(19)17-6-2-3-7-17)12-5-4-11(8-14(12)16)9-18(20)21/h4-5,8,10H,2-3,6-7,9H2,1H3. The average Bonchev–Trinajstić information content (AvgIpc) is 3.06. The highest BCUT2D eigenvalue weighted by Crippen LogP contribution is 2.25. The first kappa shape index (κ1) is 13.6. The summed E-state index contributed by atoms with van der Waals surface area (Å²) in [6.45, 7) is 1.43. The Kier molecular flexibility index (Phi) is 3.37. The van der Waals surface area contributed by atoms with E-state index in [1.54, 1.807) is 12.1 Å². The summed E-state index contributed by atoms with van der Waals surface area (Å²) in [5, 5.41) is 11.5. The predicted octanol–water partition coefficient (Wildman–Crippen LogP) is 2.19. The Morgan fingerprint density at radius 2 is 2.05 bits per heavy atom. The molecule has 1 aromatic carbocycles. The lowest BCUT2D eigenvalue weighted by Crippen LogP contribution is -2.27. The number of amides is 1. The van der Waals surface area contributed by atoms with Crippen LogP contribution in [0, 0.1) is 10.1 Å². The summed E-state index contributed by atoms with van der Waals surface area (Å²) >= 11 is 0. The number of carbonyl (C=O) groups is 1. The normalized spacial score (nSPS) is 14.8.